The second-order valence-electron chi connectivity index (χ2n) is 6.26. The third-order valence-corrected chi connectivity index (χ3v) is 4.52. The summed E-state index contributed by atoms with van der Waals surface area (Å²) in [6.07, 6.45) is 0. The van der Waals surface area contributed by atoms with Gasteiger partial charge in [-0.2, -0.15) is 0 Å². The summed E-state index contributed by atoms with van der Waals surface area (Å²) < 4.78 is 15.7. The van der Waals surface area contributed by atoms with Crippen LogP contribution < -0.4 is 10.1 Å². The molecule has 8 heteroatoms. The molecule has 0 saturated heterocycles. The first-order chi connectivity index (χ1) is 13.9. The second kappa shape index (κ2) is 8.79. The highest BCUT2D eigenvalue weighted by Crippen LogP contribution is 2.26. The molecule has 7 nitrogen and oxygen atoms in total. The average molecular weight is 415 g/mol. The highest BCUT2D eigenvalue weighted by molar-refractivity contribution is 6.31. The molecule has 150 valence electrons. The topological polar surface area (TPSA) is 90.7 Å². The van der Waals surface area contributed by atoms with Gasteiger partial charge in [-0.05, 0) is 50.2 Å². The van der Waals surface area contributed by atoms with Gasteiger partial charge in [-0.1, -0.05) is 22.8 Å². The Balaban J connectivity index is 1.81. The zero-order valence-corrected chi connectivity index (χ0v) is 16.9. The predicted octanol–water partition coefficient (Wildman–Crippen LogP) is 4.56. The first-order valence-electron chi connectivity index (χ1n) is 8.73. The lowest BCUT2D eigenvalue weighted by molar-refractivity contribution is 0.0600. The van der Waals surface area contributed by atoms with Gasteiger partial charge in [0.1, 0.15) is 18.1 Å². The van der Waals surface area contributed by atoms with Crippen LogP contribution in [0.2, 0.25) is 5.02 Å². The van der Waals surface area contributed by atoms with E-state index in [0.29, 0.717) is 27.8 Å². The minimum atomic E-state index is -0.493. The number of amides is 1. The molecule has 0 saturated carbocycles. The molecule has 0 radical (unpaired) electrons. The van der Waals surface area contributed by atoms with Crippen LogP contribution in [0.4, 0.5) is 5.69 Å². The standard InChI is InChI=1S/C21H19ClN2O5/c1-12-18(13(2)29-24-12)11-28-19-8-7-15(22)10-17(19)20(25)23-16-6-4-5-14(9-16)21(26)27-3/h4-10H,11H2,1-3H3,(H,23,25). The molecule has 1 aromatic heterocycles. The molecule has 1 amide bonds. The number of hydrogen-bond donors (Lipinski definition) is 1. The van der Waals surface area contributed by atoms with E-state index in [4.69, 9.17) is 25.6 Å². The number of halogens is 1. The highest BCUT2D eigenvalue weighted by Gasteiger charge is 2.17. The summed E-state index contributed by atoms with van der Waals surface area (Å²) in [5, 5.41) is 7.03. The summed E-state index contributed by atoms with van der Waals surface area (Å²) in [7, 11) is 1.29. The molecule has 1 N–H and O–H groups in total. The van der Waals surface area contributed by atoms with E-state index in [9.17, 15) is 9.59 Å². The maximum Gasteiger partial charge on any atom is 0.337 e. The van der Waals surface area contributed by atoms with Gasteiger partial charge in [-0.25, -0.2) is 4.79 Å². The summed E-state index contributed by atoms with van der Waals surface area (Å²) in [6, 6.07) is 11.2. The van der Waals surface area contributed by atoms with Crippen molar-refractivity contribution in [2.24, 2.45) is 0 Å². The second-order valence-corrected chi connectivity index (χ2v) is 6.69. The fourth-order valence-corrected chi connectivity index (χ4v) is 2.88. The highest BCUT2D eigenvalue weighted by atomic mass is 35.5. The Morgan fingerprint density at radius 2 is 1.97 bits per heavy atom. The van der Waals surface area contributed by atoms with Gasteiger partial charge in [-0.3, -0.25) is 4.79 Å². The number of ether oxygens (including phenoxy) is 2. The van der Waals surface area contributed by atoms with Gasteiger partial charge in [0.2, 0.25) is 0 Å². The summed E-state index contributed by atoms with van der Waals surface area (Å²) in [4.78, 5) is 24.5. The minimum Gasteiger partial charge on any atom is -0.488 e. The molecule has 0 unspecified atom stereocenters. The zero-order valence-electron chi connectivity index (χ0n) is 16.1. The van der Waals surface area contributed by atoms with E-state index >= 15 is 0 Å². The third-order valence-electron chi connectivity index (χ3n) is 4.28. The van der Waals surface area contributed by atoms with Crippen LogP contribution in [-0.2, 0) is 11.3 Å². The zero-order chi connectivity index (χ0) is 21.0. The normalized spacial score (nSPS) is 10.5. The average Bonchev–Trinajstić information content (AvgIpc) is 3.04. The van der Waals surface area contributed by atoms with Crippen LogP contribution in [0.15, 0.2) is 47.0 Å². The van der Waals surface area contributed by atoms with Crippen LogP contribution in [0.5, 0.6) is 5.75 Å². The predicted molar refractivity (Wildman–Crippen MR) is 107 cm³/mol. The van der Waals surface area contributed by atoms with Crippen molar-refractivity contribution >= 4 is 29.2 Å². The van der Waals surface area contributed by atoms with Crippen molar-refractivity contribution < 1.29 is 23.6 Å². The number of anilines is 1. The van der Waals surface area contributed by atoms with Crippen molar-refractivity contribution in [1.82, 2.24) is 5.16 Å². The number of aryl methyl sites for hydroxylation is 2. The lowest BCUT2D eigenvalue weighted by Gasteiger charge is -2.13. The summed E-state index contributed by atoms with van der Waals surface area (Å²) in [5.74, 6) is 0.0914. The Bertz CT molecular complexity index is 1040. The minimum absolute atomic E-state index is 0.195. The summed E-state index contributed by atoms with van der Waals surface area (Å²) >= 11 is 6.08. The SMILES string of the molecule is COC(=O)c1cccc(NC(=O)c2cc(Cl)ccc2OCc2c(C)noc2C)c1. The lowest BCUT2D eigenvalue weighted by Crippen LogP contribution is -2.14. The third kappa shape index (κ3) is 4.75. The van der Waals surface area contributed by atoms with Gasteiger partial charge in [0.05, 0.1) is 29.5 Å². The number of hydrogen-bond acceptors (Lipinski definition) is 6. The monoisotopic (exact) mass is 414 g/mol. The van der Waals surface area contributed by atoms with E-state index < -0.39 is 11.9 Å². The molecule has 1 heterocycles. The quantitative estimate of drug-likeness (QED) is 0.594. The van der Waals surface area contributed by atoms with E-state index in [0.717, 1.165) is 11.3 Å². The Morgan fingerprint density at radius 1 is 1.17 bits per heavy atom. The van der Waals surface area contributed by atoms with Crippen molar-refractivity contribution in [1.29, 1.82) is 0 Å². The first kappa shape index (κ1) is 20.4. The smallest absolute Gasteiger partial charge is 0.337 e. The molecule has 0 atom stereocenters. The van der Waals surface area contributed by atoms with Gasteiger partial charge in [0.25, 0.3) is 5.91 Å². The first-order valence-corrected chi connectivity index (χ1v) is 9.10. The van der Waals surface area contributed by atoms with Crippen LogP contribution in [-0.4, -0.2) is 24.1 Å². The summed E-state index contributed by atoms with van der Waals surface area (Å²) in [5.41, 5.74) is 2.56. The maximum atomic E-state index is 12.8. The van der Waals surface area contributed by atoms with Crippen molar-refractivity contribution in [2.75, 3.05) is 12.4 Å². The number of carbonyl (C=O) groups excluding carboxylic acids is 2. The van der Waals surface area contributed by atoms with Crippen LogP contribution in [0.25, 0.3) is 0 Å². The number of aromatic nitrogens is 1. The van der Waals surface area contributed by atoms with E-state index in [1.54, 1.807) is 37.3 Å². The van der Waals surface area contributed by atoms with Crippen molar-refractivity contribution in [2.45, 2.75) is 20.5 Å². The molecule has 0 aliphatic heterocycles. The molecule has 0 bridgehead atoms. The Hall–Kier alpha value is -3.32. The Labute approximate surface area is 172 Å². The molecular formula is C21H19ClN2O5. The van der Waals surface area contributed by atoms with Gasteiger partial charge >= 0.3 is 5.97 Å². The molecule has 0 aliphatic rings. The van der Waals surface area contributed by atoms with E-state index in [1.807, 2.05) is 6.92 Å². The lowest BCUT2D eigenvalue weighted by atomic mass is 10.1. The van der Waals surface area contributed by atoms with Crippen LogP contribution >= 0.6 is 11.6 Å². The van der Waals surface area contributed by atoms with E-state index in [1.165, 1.54) is 19.2 Å². The summed E-state index contributed by atoms with van der Waals surface area (Å²) in [6.45, 7) is 3.81. The fourth-order valence-electron chi connectivity index (χ4n) is 2.70. The molecule has 0 fully saturated rings. The number of nitrogens with zero attached hydrogens (tertiary/aromatic N) is 1. The molecular weight excluding hydrogens is 396 g/mol. The largest absolute Gasteiger partial charge is 0.488 e. The maximum absolute atomic E-state index is 12.8. The molecule has 29 heavy (non-hydrogen) atoms. The van der Waals surface area contributed by atoms with Crippen molar-refractivity contribution in [3.63, 3.8) is 0 Å². The van der Waals surface area contributed by atoms with Gasteiger partial charge in [-0.15, -0.1) is 0 Å². The fraction of sp³-hybridized carbons (Fsp3) is 0.190. The van der Waals surface area contributed by atoms with Crippen molar-refractivity contribution in [3.05, 3.63) is 75.6 Å². The van der Waals surface area contributed by atoms with Crippen LogP contribution in [0, 0.1) is 13.8 Å². The van der Waals surface area contributed by atoms with Gasteiger partial charge < -0.3 is 19.3 Å². The van der Waals surface area contributed by atoms with Crippen LogP contribution in [0.3, 0.4) is 0 Å². The van der Waals surface area contributed by atoms with Gasteiger partial charge in [0.15, 0.2) is 0 Å². The Morgan fingerprint density at radius 3 is 2.66 bits per heavy atom. The molecule has 0 aliphatic carbocycles. The number of esters is 1. The number of methoxy groups -OCH3 is 1. The van der Waals surface area contributed by atoms with Crippen molar-refractivity contribution in [3.8, 4) is 5.75 Å². The van der Waals surface area contributed by atoms with E-state index in [-0.39, 0.29) is 12.2 Å². The Kier molecular flexibility index (Phi) is 6.19. The van der Waals surface area contributed by atoms with Gasteiger partial charge in [0, 0.05) is 10.7 Å². The number of carbonyl (C=O) groups is 2. The van der Waals surface area contributed by atoms with Crippen LogP contribution in [0.1, 0.15) is 37.7 Å². The number of benzene rings is 2. The number of rotatable bonds is 6. The molecule has 3 rings (SSSR count). The molecule has 3 aromatic rings. The van der Waals surface area contributed by atoms with E-state index in [2.05, 4.69) is 10.5 Å². The molecule has 0 spiro atoms. The molecule has 2 aromatic carbocycles. The number of nitrogens with one attached hydrogen (secondary N) is 1.